The largest absolute Gasteiger partial charge is 0.368 e. The molecule has 3 rings (SSSR count). The zero-order valence-electron chi connectivity index (χ0n) is 12.0. The molecule has 0 bridgehead atoms. The molecule has 1 aliphatic heterocycles. The second-order valence-corrected chi connectivity index (χ2v) is 6.14. The van der Waals surface area contributed by atoms with Crippen LogP contribution in [0.5, 0.6) is 0 Å². The highest BCUT2D eigenvalue weighted by Gasteiger charge is 2.16. The minimum absolute atomic E-state index is 0.949. The number of pyridine rings is 1. The second-order valence-electron chi connectivity index (χ2n) is 5.22. The predicted octanol–water partition coefficient (Wildman–Crippen LogP) is 2.66. The molecule has 21 heavy (non-hydrogen) atoms. The first-order valence-electron chi connectivity index (χ1n) is 7.13. The van der Waals surface area contributed by atoms with Gasteiger partial charge in [0.1, 0.15) is 0 Å². The van der Waals surface area contributed by atoms with Crippen molar-refractivity contribution in [1.82, 2.24) is 15.2 Å². The summed E-state index contributed by atoms with van der Waals surface area (Å²) in [4.78, 5) is 8.93. The van der Waals surface area contributed by atoms with E-state index in [1.807, 2.05) is 25.4 Å². The maximum absolute atomic E-state index is 4.29. The average molecular weight is 348 g/mol. The molecule has 0 aliphatic carbocycles. The fourth-order valence-corrected chi connectivity index (χ4v) is 2.89. The van der Waals surface area contributed by atoms with Gasteiger partial charge in [-0.2, -0.15) is 5.10 Å². The summed E-state index contributed by atoms with van der Waals surface area (Å²) >= 11 is 3.49. The van der Waals surface area contributed by atoms with Gasteiger partial charge < -0.3 is 9.80 Å². The summed E-state index contributed by atoms with van der Waals surface area (Å²) in [6.45, 7) is 5.92. The molecule has 3 heterocycles. The lowest BCUT2D eigenvalue weighted by Gasteiger charge is -2.23. The van der Waals surface area contributed by atoms with E-state index in [1.165, 1.54) is 5.69 Å². The van der Waals surface area contributed by atoms with Crippen molar-refractivity contribution in [2.75, 3.05) is 36.0 Å². The molecule has 2 aromatic heterocycles. The van der Waals surface area contributed by atoms with Gasteiger partial charge in [-0.1, -0.05) is 0 Å². The lowest BCUT2D eigenvalue weighted by atomic mass is 10.3. The van der Waals surface area contributed by atoms with Crippen molar-refractivity contribution in [2.45, 2.75) is 13.3 Å². The van der Waals surface area contributed by atoms with Crippen LogP contribution in [0.4, 0.5) is 11.5 Å². The third kappa shape index (κ3) is 3.50. The molecule has 5 nitrogen and oxygen atoms in total. The van der Waals surface area contributed by atoms with E-state index in [-0.39, 0.29) is 0 Å². The van der Waals surface area contributed by atoms with E-state index in [1.54, 1.807) is 0 Å². The van der Waals surface area contributed by atoms with Gasteiger partial charge in [0.05, 0.1) is 17.6 Å². The van der Waals surface area contributed by atoms with Crippen LogP contribution >= 0.6 is 15.9 Å². The molecule has 110 valence electrons. The van der Waals surface area contributed by atoms with Gasteiger partial charge >= 0.3 is 0 Å². The number of rotatable bonds is 2. The van der Waals surface area contributed by atoms with E-state index in [9.17, 15) is 0 Å². The fraction of sp³-hybridized carbons (Fsp3) is 0.400. The van der Waals surface area contributed by atoms with Crippen molar-refractivity contribution in [3.8, 4) is 0 Å². The van der Waals surface area contributed by atoms with E-state index in [0.29, 0.717) is 0 Å². The van der Waals surface area contributed by atoms with Gasteiger partial charge in [0.25, 0.3) is 0 Å². The van der Waals surface area contributed by atoms with Crippen molar-refractivity contribution in [1.29, 1.82) is 0 Å². The molecule has 0 unspecified atom stereocenters. The van der Waals surface area contributed by atoms with Crippen LogP contribution in [-0.2, 0) is 0 Å². The summed E-state index contributed by atoms with van der Waals surface area (Å²) in [5, 5.41) is 8.45. The van der Waals surface area contributed by atoms with Crippen LogP contribution in [0.3, 0.4) is 0 Å². The Hall–Kier alpha value is -1.69. The number of hydrogen-bond acceptors (Lipinski definition) is 5. The van der Waals surface area contributed by atoms with E-state index in [4.69, 9.17) is 0 Å². The maximum atomic E-state index is 4.29. The van der Waals surface area contributed by atoms with Crippen molar-refractivity contribution in [3.63, 3.8) is 0 Å². The highest BCUT2D eigenvalue weighted by atomic mass is 79.9. The number of anilines is 2. The zero-order chi connectivity index (χ0) is 14.7. The molecule has 1 saturated heterocycles. The van der Waals surface area contributed by atoms with Gasteiger partial charge in [-0.25, -0.2) is 0 Å². The predicted molar refractivity (Wildman–Crippen MR) is 87.7 cm³/mol. The Balaban J connectivity index is 1.70. The number of hydrogen-bond donors (Lipinski definition) is 0. The van der Waals surface area contributed by atoms with Gasteiger partial charge in [-0.15, -0.1) is 5.10 Å². The Bertz CT molecular complexity index is 601. The summed E-state index contributed by atoms with van der Waals surface area (Å²) in [5.41, 5.74) is 2.12. The first-order valence-corrected chi connectivity index (χ1v) is 7.92. The van der Waals surface area contributed by atoms with E-state index in [2.05, 4.69) is 53.0 Å². The number of nitrogens with zero attached hydrogens (tertiary/aromatic N) is 5. The summed E-state index contributed by atoms with van der Waals surface area (Å²) in [6, 6.07) is 6.19. The quantitative estimate of drug-likeness (QED) is 0.835. The highest BCUT2D eigenvalue weighted by Crippen LogP contribution is 2.21. The van der Waals surface area contributed by atoms with Crippen molar-refractivity contribution in [3.05, 3.63) is 40.8 Å². The molecule has 0 aromatic carbocycles. The molecule has 0 atom stereocenters. The van der Waals surface area contributed by atoms with E-state index in [0.717, 1.165) is 48.6 Å². The monoisotopic (exact) mass is 347 g/mol. The van der Waals surface area contributed by atoms with Crippen molar-refractivity contribution >= 4 is 27.4 Å². The first kappa shape index (κ1) is 14.3. The minimum atomic E-state index is 0.949. The number of aryl methyl sites for hydroxylation is 1. The van der Waals surface area contributed by atoms with Crippen LogP contribution in [0, 0.1) is 6.92 Å². The standard InChI is InChI=1S/C15H18BrN5/c1-12-3-4-15(19-18-12)21-6-2-5-20(7-8-21)14-9-13(16)10-17-11-14/h3-4,9-11H,2,5-8H2,1H3. The van der Waals surface area contributed by atoms with Crippen molar-refractivity contribution < 1.29 is 0 Å². The third-order valence-corrected chi connectivity index (χ3v) is 4.09. The molecule has 0 saturated carbocycles. The number of halogens is 1. The molecule has 1 aliphatic rings. The molecule has 0 radical (unpaired) electrons. The zero-order valence-corrected chi connectivity index (χ0v) is 13.6. The normalized spacial score (nSPS) is 15.9. The first-order chi connectivity index (χ1) is 10.2. The molecule has 0 N–H and O–H groups in total. The Labute approximate surface area is 133 Å². The third-order valence-electron chi connectivity index (χ3n) is 3.66. The second kappa shape index (κ2) is 6.39. The van der Waals surface area contributed by atoms with Crippen molar-refractivity contribution in [2.24, 2.45) is 0 Å². The Kier molecular flexibility index (Phi) is 4.34. The Morgan fingerprint density at radius 1 is 1.00 bits per heavy atom. The maximum Gasteiger partial charge on any atom is 0.151 e. The van der Waals surface area contributed by atoms with Gasteiger partial charge in [0, 0.05) is 36.8 Å². The summed E-state index contributed by atoms with van der Waals surface area (Å²) in [7, 11) is 0. The molecule has 0 spiro atoms. The molecular weight excluding hydrogens is 330 g/mol. The summed E-state index contributed by atoms with van der Waals surface area (Å²) < 4.78 is 1.02. The van der Waals surface area contributed by atoms with Gasteiger partial charge in [0.2, 0.25) is 0 Å². The number of aromatic nitrogens is 3. The topological polar surface area (TPSA) is 45.2 Å². The average Bonchev–Trinajstić information content (AvgIpc) is 2.74. The molecular formula is C15H18BrN5. The summed E-state index contributed by atoms with van der Waals surface area (Å²) in [5.74, 6) is 0.967. The van der Waals surface area contributed by atoms with Gasteiger partial charge in [-0.3, -0.25) is 4.98 Å². The molecule has 0 amide bonds. The minimum Gasteiger partial charge on any atom is -0.368 e. The summed E-state index contributed by atoms with van der Waals surface area (Å²) in [6.07, 6.45) is 4.84. The van der Waals surface area contributed by atoms with E-state index < -0.39 is 0 Å². The lowest BCUT2D eigenvalue weighted by molar-refractivity contribution is 0.783. The molecule has 6 heteroatoms. The lowest BCUT2D eigenvalue weighted by Crippen LogP contribution is -2.31. The van der Waals surface area contributed by atoms with Crippen LogP contribution in [-0.4, -0.2) is 41.4 Å². The molecule has 1 fully saturated rings. The van der Waals surface area contributed by atoms with Crippen LogP contribution in [0.25, 0.3) is 0 Å². The van der Waals surface area contributed by atoms with Crippen LogP contribution in [0.2, 0.25) is 0 Å². The van der Waals surface area contributed by atoms with Crippen LogP contribution in [0.1, 0.15) is 12.1 Å². The molecule has 2 aromatic rings. The van der Waals surface area contributed by atoms with Crippen LogP contribution < -0.4 is 9.80 Å². The SMILES string of the molecule is Cc1ccc(N2CCCN(c3cncc(Br)c3)CC2)nn1. The highest BCUT2D eigenvalue weighted by molar-refractivity contribution is 9.10. The van der Waals surface area contributed by atoms with E-state index >= 15 is 0 Å². The Morgan fingerprint density at radius 2 is 1.81 bits per heavy atom. The Morgan fingerprint density at radius 3 is 2.57 bits per heavy atom. The van der Waals surface area contributed by atoms with Crippen LogP contribution in [0.15, 0.2) is 35.1 Å². The van der Waals surface area contributed by atoms with Gasteiger partial charge in [-0.05, 0) is 47.5 Å². The van der Waals surface area contributed by atoms with Gasteiger partial charge in [0.15, 0.2) is 5.82 Å². The smallest absolute Gasteiger partial charge is 0.151 e. The fourth-order valence-electron chi connectivity index (χ4n) is 2.54.